The van der Waals surface area contributed by atoms with Gasteiger partial charge in [-0.15, -0.1) is 0 Å². The van der Waals surface area contributed by atoms with Crippen molar-refractivity contribution in [1.29, 1.82) is 0 Å². The summed E-state index contributed by atoms with van der Waals surface area (Å²) >= 11 is 0. The molecule has 2 aliphatic rings. The van der Waals surface area contributed by atoms with Gasteiger partial charge in [0.1, 0.15) is 5.75 Å². The van der Waals surface area contributed by atoms with Crippen molar-refractivity contribution in [2.45, 2.75) is 38.0 Å². The molecule has 5 nitrogen and oxygen atoms in total. The van der Waals surface area contributed by atoms with Crippen molar-refractivity contribution in [3.05, 3.63) is 54.1 Å². The van der Waals surface area contributed by atoms with Gasteiger partial charge in [-0.25, -0.2) is 0 Å². The van der Waals surface area contributed by atoms with Gasteiger partial charge in [-0.2, -0.15) is 0 Å². The van der Waals surface area contributed by atoms with Crippen molar-refractivity contribution in [2.75, 3.05) is 23.4 Å². The Bertz CT molecular complexity index is 849. The van der Waals surface area contributed by atoms with Crippen molar-refractivity contribution in [3.63, 3.8) is 0 Å². The predicted molar refractivity (Wildman–Crippen MR) is 105 cm³/mol. The number of carbonyl (C=O) groups excluding carboxylic acids is 2. The molecule has 2 aromatic rings. The fourth-order valence-electron chi connectivity index (χ4n) is 3.89. The van der Waals surface area contributed by atoms with Gasteiger partial charge in [-0.1, -0.05) is 24.3 Å². The standard InChI is InChI=1S/C22H24N2O3/c25-21(14-16-11-13-27-20-9-2-1-8-19(16)20)23-17-6-5-7-18(15-17)24-12-4-3-10-22(24)26/h1-2,5-9,15-16H,3-4,10-14H2,(H,23,25). The molecule has 2 amide bonds. The van der Waals surface area contributed by atoms with E-state index in [0.29, 0.717) is 19.4 Å². The van der Waals surface area contributed by atoms with Gasteiger partial charge in [0, 0.05) is 30.8 Å². The minimum absolute atomic E-state index is 0.0150. The number of piperidine rings is 1. The Labute approximate surface area is 159 Å². The van der Waals surface area contributed by atoms with Crippen LogP contribution >= 0.6 is 0 Å². The quantitative estimate of drug-likeness (QED) is 0.889. The first-order valence-electron chi connectivity index (χ1n) is 9.63. The van der Waals surface area contributed by atoms with E-state index in [-0.39, 0.29) is 17.7 Å². The zero-order chi connectivity index (χ0) is 18.6. The molecule has 0 aromatic heterocycles. The van der Waals surface area contributed by atoms with E-state index in [4.69, 9.17) is 4.74 Å². The number of ether oxygens (including phenoxy) is 1. The molecular formula is C22H24N2O3. The van der Waals surface area contributed by atoms with Gasteiger partial charge in [0.05, 0.1) is 6.61 Å². The number of rotatable bonds is 4. The molecule has 1 unspecified atom stereocenters. The van der Waals surface area contributed by atoms with E-state index in [9.17, 15) is 9.59 Å². The average molecular weight is 364 g/mol. The van der Waals surface area contributed by atoms with E-state index in [0.717, 1.165) is 48.5 Å². The van der Waals surface area contributed by atoms with Crippen LogP contribution in [0.1, 0.15) is 43.6 Å². The zero-order valence-electron chi connectivity index (χ0n) is 15.3. The lowest BCUT2D eigenvalue weighted by Crippen LogP contribution is -2.35. The number of hydrogen-bond donors (Lipinski definition) is 1. The number of amides is 2. The molecule has 1 fully saturated rings. The number of benzene rings is 2. The molecule has 0 spiro atoms. The Morgan fingerprint density at radius 2 is 2.04 bits per heavy atom. The predicted octanol–water partition coefficient (Wildman–Crippen LogP) is 4.10. The second kappa shape index (κ2) is 7.82. The van der Waals surface area contributed by atoms with Crippen molar-refractivity contribution in [1.82, 2.24) is 0 Å². The summed E-state index contributed by atoms with van der Waals surface area (Å²) in [7, 11) is 0. The van der Waals surface area contributed by atoms with Gasteiger partial charge in [0.25, 0.3) is 0 Å². The van der Waals surface area contributed by atoms with Gasteiger partial charge >= 0.3 is 0 Å². The lowest BCUT2D eigenvalue weighted by molar-refractivity contribution is -0.119. The van der Waals surface area contributed by atoms with Gasteiger partial charge in [0.15, 0.2) is 0 Å². The van der Waals surface area contributed by atoms with E-state index < -0.39 is 0 Å². The van der Waals surface area contributed by atoms with Gasteiger partial charge in [-0.3, -0.25) is 9.59 Å². The number of carbonyl (C=O) groups is 2. The van der Waals surface area contributed by atoms with Crippen LogP contribution in [0.25, 0.3) is 0 Å². The molecule has 2 aromatic carbocycles. The molecule has 1 saturated heterocycles. The van der Waals surface area contributed by atoms with E-state index >= 15 is 0 Å². The normalized spacial score (nSPS) is 19.2. The number of anilines is 2. The second-order valence-electron chi connectivity index (χ2n) is 7.18. The number of hydrogen-bond acceptors (Lipinski definition) is 3. The van der Waals surface area contributed by atoms with Crippen LogP contribution in [0, 0.1) is 0 Å². The SMILES string of the molecule is O=C(CC1CCOc2ccccc21)Nc1cccc(N2CCCCC2=O)c1. The molecule has 0 aliphatic carbocycles. The highest BCUT2D eigenvalue weighted by Gasteiger charge is 2.24. The lowest BCUT2D eigenvalue weighted by Gasteiger charge is -2.27. The summed E-state index contributed by atoms with van der Waals surface area (Å²) in [6.07, 6.45) is 3.84. The average Bonchev–Trinajstić information content (AvgIpc) is 2.69. The molecule has 0 radical (unpaired) electrons. The van der Waals surface area contributed by atoms with Gasteiger partial charge < -0.3 is 15.0 Å². The number of nitrogens with one attached hydrogen (secondary N) is 1. The Morgan fingerprint density at radius 3 is 2.93 bits per heavy atom. The third kappa shape index (κ3) is 3.97. The molecule has 2 aliphatic heterocycles. The van der Waals surface area contributed by atoms with Gasteiger partial charge in [-0.05, 0) is 55.0 Å². The Morgan fingerprint density at radius 1 is 1.15 bits per heavy atom. The minimum Gasteiger partial charge on any atom is -0.493 e. The van der Waals surface area contributed by atoms with Crippen LogP contribution in [0.3, 0.4) is 0 Å². The van der Waals surface area contributed by atoms with Crippen molar-refractivity contribution >= 4 is 23.2 Å². The van der Waals surface area contributed by atoms with Crippen LogP contribution in [-0.4, -0.2) is 25.0 Å². The summed E-state index contributed by atoms with van der Waals surface area (Å²) in [5, 5.41) is 3.00. The van der Waals surface area contributed by atoms with Crippen molar-refractivity contribution in [2.24, 2.45) is 0 Å². The first kappa shape index (κ1) is 17.6. The molecule has 1 atom stereocenters. The van der Waals surface area contributed by atoms with Gasteiger partial charge in [0.2, 0.25) is 11.8 Å². The molecule has 0 bridgehead atoms. The first-order valence-corrected chi connectivity index (χ1v) is 9.63. The molecular weight excluding hydrogens is 340 g/mol. The summed E-state index contributed by atoms with van der Waals surface area (Å²) in [5.74, 6) is 1.19. The van der Waals surface area contributed by atoms with Crippen LogP contribution in [0.2, 0.25) is 0 Å². The summed E-state index contributed by atoms with van der Waals surface area (Å²) in [4.78, 5) is 26.6. The van der Waals surface area contributed by atoms with Crippen LogP contribution in [0.15, 0.2) is 48.5 Å². The third-order valence-corrected chi connectivity index (χ3v) is 5.28. The number of nitrogens with zero attached hydrogens (tertiary/aromatic N) is 1. The van der Waals surface area contributed by atoms with Crippen molar-refractivity contribution < 1.29 is 14.3 Å². The zero-order valence-corrected chi connectivity index (χ0v) is 15.3. The smallest absolute Gasteiger partial charge is 0.226 e. The Kier molecular flexibility index (Phi) is 5.10. The van der Waals surface area contributed by atoms with Crippen LogP contribution < -0.4 is 15.0 Å². The van der Waals surface area contributed by atoms with E-state index in [1.807, 2.05) is 53.4 Å². The first-order chi connectivity index (χ1) is 13.2. The maximum atomic E-state index is 12.6. The Hall–Kier alpha value is -2.82. The largest absolute Gasteiger partial charge is 0.493 e. The number of para-hydroxylation sites is 1. The lowest BCUT2D eigenvalue weighted by atomic mass is 9.90. The maximum Gasteiger partial charge on any atom is 0.226 e. The van der Waals surface area contributed by atoms with E-state index in [1.54, 1.807) is 0 Å². The topological polar surface area (TPSA) is 58.6 Å². The summed E-state index contributed by atoms with van der Waals surface area (Å²) < 4.78 is 5.68. The molecule has 1 N–H and O–H groups in total. The summed E-state index contributed by atoms with van der Waals surface area (Å²) in [6, 6.07) is 15.5. The van der Waals surface area contributed by atoms with Crippen LogP contribution in [0.5, 0.6) is 5.75 Å². The monoisotopic (exact) mass is 364 g/mol. The second-order valence-corrected chi connectivity index (χ2v) is 7.18. The summed E-state index contributed by atoms with van der Waals surface area (Å²) in [6.45, 7) is 1.39. The molecule has 5 heteroatoms. The van der Waals surface area contributed by atoms with Crippen molar-refractivity contribution in [3.8, 4) is 5.75 Å². The highest BCUT2D eigenvalue weighted by molar-refractivity contribution is 5.96. The highest BCUT2D eigenvalue weighted by Crippen LogP contribution is 2.35. The Balaban J connectivity index is 1.43. The fourth-order valence-corrected chi connectivity index (χ4v) is 3.89. The third-order valence-electron chi connectivity index (χ3n) is 5.28. The van der Waals surface area contributed by atoms with E-state index in [2.05, 4.69) is 5.32 Å². The molecule has 2 heterocycles. The highest BCUT2D eigenvalue weighted by atomic mass is 16.5. The molecule has 27 heavy (non-hydrogen) atoms. The molecule has 0 saturated carbocycles. The molecule has 4 rings (SSSR count). The fraction of sp³-hybridized carbons (Fsp3) is 0.364. The maximum absolute atomic E-state index is 12.6. The minimum atomic E-state index is -0.0150. The van der Waals surface area contributed by atoms with Crippen LogP contribution in [0.4, 0.5) is 11.4 Å². The number of fused-ring (bicyclic) bond motifs is 1. The van der Waals surface area contributed by atoms with Crippen LogP contribution in [-0.2, 0) is 9.59 Å². The van der Waals surface area contributed by atoms with E-state index in [1.165, 1.54) is 0 Å². The summed E-state index contributed by atoms with van der Waals surface area (Å²) in [5.41, 5.74) is 2.69. The molecule has 140 valence electrons.